The largest absolute Gasteiger partial charge is 0.327 e. The highest BCUT2D eigenvalue weighted by atomic mass is 32.1. The predicted octanol–water partition coefficient (Wildman–Crippen LogP) is 1.53. The van der Waals surface area contributed by atoms with Gasteiger partial charge in [-0.15, -0.1) is 11.3 Å². The molecule has 16 heavy (non-hydrogen) atoms. The lowest BCUT2D eigenvalue weighted by atomic mass is 10.3. The first-order valence-corrected chi connectivity index (χ1v) is 5.67. The second-order valence-corrected chi connectivity index (χ2v) is 4.25. The Morgan fingerprint density at radius 2 is 2.31 bits per heavy atom. The monoisotopic (exact) mass is 233 g/mol. The third-order valence-corrected chi connectivity index (χ3v) is 2.91. The number of amides is 1. The van der Waals surface area contributed by atoms with Gasteiger partial charge in [-0.2, -0.15) is 4.99 Å². The van der Waals surface area contributed by atoms with Crippen molar-refractivity contribution in [1.82, 2.24) is 9.55 Å². The van der Waals surface area contributed by atoms with Gasteiger partial charge in [0, 0.05) is 24.3 Å². The maximum absolute atomic E-state index is 11.8. The van der Waals surface area contributed by atoms with Crippen LogP contribution < -0.4 is 4.80 Å². The molecule has 0 aromatic carbocycles. The molecule has 2 heterocycles. The number of hydrogen-bond acceptors (Lipinski definition) is 3. The van der Waals surface area contributed by atoms with Gasteiger partial charge in [0.15, 0.2) is 4.80 Å². The zero-order chi connectivity index (χ0) is 11.5. The molecule has 0 aliphatic rings. The highest BCUT2D eigenvalue weighted by Crippen LogP contribution is 2.00. The highest BCUT2D eigenvalue weighted by Gasteiger charge is 2.05. The van der Waals surface area contributed by atoms with Gasteiger partial charge in [-0.3, -0.25) is 4.79 Å². The average Bonchev–Trinajstić information content (AvgIpc) is 2.64. The quantitative estimate of drug-likeness (QED) is 0.750. The van der Waals surface area contributed by atoms with Gasteiger partial charge in [0.05, 0.1) is 0 Å². The number of pyridine rings is 1. The Morgan fingerprint density at radius 3 is 2.94 bits per heavy atom. The number of aromatic nitrogens is 2. The van der Waals surface area contributed by atoms with Crippen LogP contribution in [-0.4, -0.2) is 15.5 Å². The van der Waals surface area contributed by atoms with Crippen LogP contribution in [0.2, 0.25) is 0 Å². The minimum Gasteiger partial charge on any atom is -0.327 e. The summed E-state index contributed by atoms with van der Waals surface area (Å²) in [6, 6.07) is 5.33. The van der Waals surface area contributed by atoms with E-state index in [1.165, 1.54) is 11.3 Å². The van der Waals surface area contributed by atoms with Crippen LogP contribution in [0.1, 0.15) is 16.2 Å². The molecule has 0 bridgehead atoms. The molecular formula is C11H11N3OS. The Balaban J connectivity index is 2.38. The van der Waals surface area contributed by atoms with Gasteiger partial charge in [0.1, 0.15) is 5.69 Å². The molecule has 2 aromatic heterocycles. The maximum atomic E-state index is 11.8. The van der Waals surface area contributed by atoms with Crippen LogP contribution in [-0.2, 0) is 7.05 Å². The predicted molar refractivity (Wildman–Crippen MR) is 62.2 cm³/mol. The van der Waals surface area contributed by atoms with Crippen molar-refractivity contribution in [3.63, 3.8) is 0 Å². The highest BCUT2D eigenvalue weighted by molar-refractivity contribution is 7.07. The van der Waals surface area contributed by atoms with Crippen LogP contribution in [0.5, 0.6) is 0 Å². The van der Waals surface area contributed by atoms with Crippen molar-refractivity contribution >= 4 is 17.2 Å². The zero-order valence-electron chi connectivity index (χ0n) is 9.04. The SMILES string of the molecule is Cc1cccc(C(=O)N=c2sccn2C)n1. The number of carbonyl (C=O) groups is 1. The molecule has 0 N–H and O–H groups in total. The summed E-state index contributed by atoms with van der Waals surface area (Å²) in [4.78, 5) is 20.6. The third kappa shape index (κ3) is 2.25. The van der Waals surface area contributed by atoms with Crippen LogP contribution >= 0.6 is 11.3 Å². The van der Waals surface area contributed by atoms with E-state index in [1.807, 2.05) is 31.6 Å². The Bertz CT molecular complexity index is 583. The summed E-state index contributed by atoms with van der Waals surface area (Å²) in [6.45, 7) is 1.85. The molecule has 0 spiro atoms. The van der Waals surface area contributed by atoms with E-state index in [-0.39, 0.29) is 5.91 Å². The summed E-state index contributed by atoms with van der Waals surface area (Å²) in [5.74, 6) is -0.304. The van der Waals surface area contributed by atoms with E-state index >= 15 is 0 Å². The molecule has 0 saturated carbocycles. The van der Waals surface area contributed by atoms with Crippen molar-refractivity contribution in [2.45, 2.75) is 6.92 Å². The van der Waals surface area contributed by atoms with E-state index in [0.29, 0.717) is 10.5 Å². The van der Waals surface area contributed by atoms with Gasteiger partial charge in [-0.1, -0.05) is 6.07 Å². The van der Waals surface area contributed by atoms with Gasteiger partial charge in [0.2, 0.25) is 0 Å². The molecule has 0 fully saturated rings. The Morgan fingerprint density at radius 1 is 1.50 bits per heavy atom. The van der Waals surface area contributed by atoms with Crippen molar-refractivity contribution in [2.75, 3.05) is 0 Å². The van der Waals surface area contributed by atoms with Gasteiger partial charge in [-0.05, 0) is 19.1 Å². The lowest BCUT2D eigenvalue weighted by molar-refractivity contribution is 0.0993. The van der Waals surface area contributed by atoms with E-state index in [1.54, 1.807) is 16.7 Å². The molecule has 0 saturated heterocycles. The minimum atomic E-state index is -0.304. The molecule has 5 heteroatoms. The smallest absolute Gasteiger partial charge is 0.298 e. The molecule has 0 atom stereocenters. The topological polar surface area (TPSA) is 47.2 Å². The minimum absolute atomic E-state index is 0.304. The Hall–Kier alpha value is -1.75. The summed E-state index contributed by atoms with van der Waals surface area (Å²) in [5.41, 5.74) is 1.20. The second kappa shape index (κ2) is 4.40. The molecule has 0 radical (unpaired) electrons. The normalized spacial score (nSPS) is 11.8. The number of hydrogen-bond donors (Lipinski definition) is 0. The third-order valence-electron chi connectivity index (χ3n) is 2.06. The average molecular weight is 233 g/mol. The Kier molecular flexibility index (Phi) is 2.96. The fourth-order valence-corrected chi connectivity index (χ4v) is 1.97. The van der Waals surface area contributed by atoms with E-state index in [9.17, 15) is 4.79 Å². The number of thiazole rings is 1. The van der Waals surface area contributed by atoms with Crippen LogP contribution in [0, 0.1) is 6.92 Å². The van der Waals surface area contributed by atoms with Crippen molar-refractivity contribution in [1.29, 1.82) is 0 Å². The van der Waals surface area contributed by atoms with Gasteiger partial charge >= 0.3 is 0 Å². The van der Waals surface area contributed by atoms with Crippen LogP contribution in [0.4, 0.5) is 0 Å². The van der Waals surface area contributed by atoms with Crippen molar-refractivity contribution < 1.29 is 4.79 Å². The van der Waals surface area contributed by atoms with E-state index < -0.39 is 0 Å². The summed E-state index contributed by atoms with van der Waals surface area (Å²) in [7, 11) is 1.85. The molecule has 1 amide bonds. The van der Waals surface area contributed by atoms with E-state index in [0.717, 1.165) is 5.69 Å². The van der Waals surface area contributed by atoms with Gasteiger partial charge in [-0.25, -0.2) is 4.98 Å². The lowest BCUT2D eigenvalue weighted by Crippen LogP contribution is -2.13. The number of aryl methyl sites for hydroxylation is 2. The Labute approximate surface area is 96.9 Å². The van der Waals surface area contributed by atoms with E-state index in [2.05, 4.69) is 9.98 Å². The molecule has 4 nitrogen and oxygen atoms in total. The van der Waals surface area contributed by atoms with Gasteiger partial charge in [0.25, 0.3) is 5.91 Å². The molecule has 0 aliphatic heterocycles. The first-order chi connectivity index (χ1) is 7.66. The van der Waals surface area contributed by atoms with Gasteiger partial charge < -0.3 is 4.57 Å². The summed E-state index contributed by atoms with van der Waals surface area (Å²) in [5, 5.41) is 1.88. The van der Waals surface area contributed by atoms with E-state index in [4.69, 9.17) is 0 Å². The molecule has 2 rings (SSSR count). The van der Waals surface area contributed by atoms with Crippen LogP contribution in [0.15, 0.2) is 34.8 Å². The number of nitrogens with zero attached hydrogens (tertiary/aromatic N) is 3. The van der Waals surface area contributed by atoms with Crippen LogP contribution in [0.25, 0.3) is 0 Å². The molecule has 0 aliphatic carbocycles. The second-order valence-electron chi connectivity index (χ2n) is 3.38. The summed E-state index contributed by atoms with van der Waals surface area (Å²) in [6.07, 6.45) is 1.86. The first kappa shape index (κ1) is 10.8. The van der Waals surface area contributed by atoms with Crippen molar-refractivity contribution in [3.05, 3.63) is 46.0 Å². The first-order valence-electron chi connectivity index (χ1n) is 4.79. The number of rotatable bonds is 1. The summed E-state index contributed by atoms with van der Waals surface area (Å²) >= 11 is 1.42. The zero-order valence-corrected chi connectivity index (χ0v) is 9.86. The fourth-order valence-electron chi connectivity index (χ4n) is 1.24. The molecule has 2 aromatic rings. The standard InChI is InChI=1S/C11H11N3OS/c1-8-4-3-5-9(12-8)10(15)13-11-14(2)6-7-16-11/h3-7H,1-2H3. The summed E-state index contributed by atoms with van der Waals surface area (Å²) < 4.78 is 1.80. The molecular weight excluding hydrogens is 222 g/mol. The van der Waals surface area contributed by atoms with Crippen molar-refractivity contribution in [2.24, 2.45) is 12.0 Å². The molecule has 0 unspecified atom stereocenters. The number of carbonyl (C=O) groups excluding carboxylic acids is 1. The lowest BCUT2D eigenvalue weighted by Gasteiger charge is -1.95. The van der Waals surface area contributed by atoms with Crippen molar-refractivity contribution in [3.8, 4) is 0 Å². The van der Waals surface area contributed by atoms with Crippen LogP contribution in [0.3, 0.4) is 0 Å². The fraction of sp³-hybridized carbons (Fsp3) is 0.182. The molecule has 82 valence electrons. The maximum Gasteiger partial charge on any atom is 0.298 e.